The van der Waals surface area contributed by atoms with E-state index in [-0.39, 0.29) is 6.10 Å². The predicted molar refractivity (Wildman–Crippen MR) is 74.5 cm³/mol. The first-order chi connectivity index (χ1) is 9.17. The Kier molecular flexibility index (Phi) is 4.42. The zero-order valence-corrected chi connectivity index (χ0v) is 11.8. The molecule has 2 heterocycles. The molecule has 106 valence electrons. The number of nitrogen functional groups attached to an aromatic ring is 1. The molecule has 1 aliphatic heterocycles. The summed E-state index contributed by atoms with van der Waals surface area (Å²) in [4.78, 5) is 10.6. The van der Waals surface area contributed by atoms with Gasteiger partial charge in [-0.25, -0.2) is 4.98 Å². The molecule has 1 aromatic heterocycles. The molecule has 0 aromatic carbocycles. The van der Waals surface area contributed by atoms with E-state index in [0.717, 1.165) is 18.8 Å². The normalized spacial score (nSPS) is 23.4. The summed E-state index contributed by atoms with van der Waals surface area (Å²) >= 11 is 0. The van der Waals surface area contributed by atoms with E-state index in [1.807, 2.05) is 6.92 Å². The van der Waals surface area contributed by atoms with Crippen molar-refractivity contribution in [1.29, 1.82) is 0 Å². The first-order valence-corrected chi connectivity index (χ1v) is 6.78. The predicted octanol–water partition coefficient (Wildman–Crippen LogP) is 1.46. The molecule has 0 aliphatic carbocycles. The van der Waals surface area contributed by atoms with Crippen molar-refractivity contribution in [3.05, 3.63) is 6.33 Å². The number of nitrogens with zero attached hydrogens (tertiary/aromatic N) is 3. The minimum atomic E-state index is 0.174. The van der Waals surface area contributed by atoms with Crippen LogP contribution in [0, 0.1) is 0 Å². The van der Waals surface area contributed by atoms with E-state index < -0.39 is 0 Å². The minimum Gasteiger partial charge on any atom is -0.476 e. The van der Waals surface area contributed by atoms with Crippen LogP contribution in [0.15, 0.2) is 6.33 Å². The average molecular weight is 266 g/mol. The van der Waals surface area contributed by atoms with Crippen molar-refractivity contribution in [2.24, 2.45) is 0 Å². The molecule has 6 heteroatoms. The molecule has 19 heavy (non-hydrogen) atoms. The highest BCUT2D eigenvalue weighted by atomic mass is 16.5. The quantitative estimate of drug-likeness (QED) is 0.889. The molecule has 1 aliphatic rings. The maximum atomic E-state index is 6.13. The molecule has 2 unspecified atom stereocenters. The molecular weight excluding hydrogens is 244 g/mol. The van der Waals surface area contributed by atoms with Crippen molar-refractivity contribution >= 4 is 11.5 Å². The number of nitrogens with two attached hydrogens (primary N) is 1. The fourth-order valence-electron chi connectivity index (χ4n) is 2.29. The summed E-state index contributed by atoms with van der Waals surface area (Å²) in [5.41, 5.74) is 6.64. The zero-order valence-electron chi connectivity index (χ0n) is 11.8. The number of ether oxygens (including phenoxy) is 2. The zero-order chi connectivity index (χ0) is 13.8. The lowest BCUT2D eigenvalue weighted by atomic mass is 10.1. The first kappa shape index (κ1) is 13.9. The lowest BCUT2D eigenvalue weighted by Gasteiger charge is -2.39. The van der Waals surface area contributed by atoms with E-state index >= 15 is 0 Å². The van der Waals surface area contributed by atoms with Gasteiger partial charge in [-0.15, -0.1) is 0 Å². The molecule has 1 saturated heterocycles. The van der Waals surface area contributed by atoms with Crippen LogP contribution in [0.4, 0.5) is 11.5 Å². The monoisotopic (exact) mass is 266 g/mol. The summed E-state index contributed by atoms with van der Waals surface area (Å²) in [6.45, 7) is 8.12. The highest BCUT2D eigenvalue weighted by molar-refractivity contribution is 5.68. The largest absolute Gasteiger partial charge is 0.476 e. The van der Waals surface area contributed by atoms with Crippen LogP contribution < -0.4 is 15.4 Å². The summed E-state index contributed by atoms with van der Waals surface area (Å²) in [7, 11) is 0. The van der Waals surface area contributed by atoms with Crippen molar-refractivity contribution in [2.45, 2.75) is 39.3 Å². The highest BCUT2D eigenvalue weighted by Gasteiger charge is 2.28. The standard InChI is InChI=1S/C13H22N4O2/c1-4-10-7-19-9(3)6-17(10)12-11(14)13(18-5-2)16-8-15-12/h8-10H,4-7,14H2,1-3H3. The molecule has 0 saturated carbocycles. The minimum absolute atomic E-state index is 0.174. The second-order valence-corrected chi connectivity index (χ2v) is 4.71. The van der Waals surface area contributed by atoms with E-state index in [9.17, 15) is 0 Å². The number of rotatable bonds is 4. The lowest BCUT2D eigenvalue weighted by molar-refractivity contribution is 0.0296. The van der Waals surface area contributed by atoms with E-state index in [1.165, 1.54) is 6.33 Å². The van der Waals surface area contributed by atoms with Crippen molar-refractivity contribution in [1.82, 2.24) is 9.97 Å². The highest BCUT2D eigenvalue weighted by Crippen LogP contribution is 2.31. The molecule has 0 amide bonds. The second-order valence-electron chi connectivity index (χ2n) is 4.71. The van der Waals surface area contributed by atoms with E-state index in [4.69, 9.17) is 15.2 Å². The molecule has 2 atom stereocenters. The lowest BCUT2D eigenvalue weighted by Crippen LogP contribution is -2.49. The molecule has 0 radical (unpaired) electrons. The van der Waals surface area contributed by atoms with Crippen LogP contribution >= 0.6 is 0 Å². The summed E-state index contributed by atoms with van der Waals surface area (Å²) in [5.74, 6) is 1.21. The van der Waals surface area contributed by atoms with Gasteiger partial charge in [0.1, 0.15) is 12.0 Å². The van der Waals surface area contributed by atoms with Crippen LogP contribution in [0.1, 0.15) is 27.2 Å². The number of anilines is 2. The molecule has 2 rings (SSSR count). The van der Waals surface area contributed by atoms with Gasteiger partial charge in [0, 0.05) is 6.54 Å². The first-order valence-electron chi connectivity index (χ1n) is 6.78. The molecule has 0 spiro atoms. The van der Waals surface area contributed by atoms with Crippen molar-refractivity contribution in [3.63, 3.8) is 0 Å². The molecular formula is C13H22N4O2. The van der Waals surface area contributed by atoms with Gasteiger partial charge >= 0.3 is 0 Å². The molecule has 1 fully saturated rings. The second kappa shape index (κ2) is 6.06. The molecule has 0 bridgehead atoms. The maximum Gasteiger partial charge on any atom is 0.242 e. The Bertz CT molecular complexity index is 427. The number of morpholine rings is 1. The Balaban J connectivity index is 2.30. The Morgan fingerprint density at radius 3 is 2.95 bits per heavy atom. The summed E-state index contributed by atoms with van der Waals surface area (Å²) in [6, 6.07) is 0.294. The van der Waals surface area contributed by atoms with Crippen molar-refractivity contribution in [3.8, 4) is 5.88 Å². The summed E-state index contributed by atoms with van der Waals surface area (Å²) in [6.07, 6.45) is 2.66. The van der Waals surface area contributed by atoms with Crippen LogP contribution in [0.2, 0.25) is 0 Å². The SMILES string of the molecule is CCOc1ncnc(N2CC(C)OCC2CC)c1N. The van der Waals surface area contributed by atoms with Crippen LogP contribution in [-0.4, -0.2) is 41.9 Å². The molecule has 2 N–H and O–H groups in total. The Morgan fingerprint density at radius 2 is 2.26 bits per heavy atom. The van der Waals surface area contributed by atoms with Gasteiger partial charge in [-0.3, -0.25) is 0 Å². The maximum absolute atomic E-state index is 6.13. The van der Waals surface area contributed by atoms with E-state index in [0.29, 0.717) is 30.8 Å². The van der Waals surface area contributed by atoms with Gasteiger partial charge in [0.2, 0.25) is 5.88 Å². The van der Waals surface area contributed by atoms with Crippen molar-refractivity contribution < 1.29 is 9.47 Å². The molecule has 1 aromatic rings. The van der Waals surface area contributed by atoms with Gasteiger partial charge in [0.15, 0.2) is 5.82 Å². The topological polar surface area (TPSA) is 73.5 Å². The van der Waals surface area contributed by atoms with Gasteiger partial charge < -0.3 is 20.1 Å². The van der Waals surface area contributed by atoms with Gasteiger partial charge in [-0.05, 0) is 20.3 Å². The third-order valence-corrected chi connectivity index (χ3v) is 3.32. The number of hydrogen-bond donors (Lipinski definition) is 1. The fourth-order valence-corrected chi connectivity index (χ4v) is 2.29. The smallest absolute Gasteiger partial charge is 0.242 e. The van der Waals surface area contributed by atoms with Crippen LogP contribution in [-0.2, 0) is 4.74 Å². The number of hydrogen-bond acceptors (Lipinski definition) is 6. The Hall–Kier alpha value is -1.56. The van der Waals surface area contributed by atoms with E-state index in [2.05, 4.69) is 28.7 Å². The summed E-state index contributed by atoms with van der Waals surface area (Å²) < 4.78 is 11.1. The van der Waals surface area contributed by atoms with Crippen LogP contribution in [0.3, 0.4) is 0 Å². The van der Waals surface area contributed by atoms with Crippen molar-refractivity contribution in [2.75, 3.05) is 30.4 Å². The fraction of sp³-hybridized carbons (Fsp3) is 0.692. The van der Waals surface area contributed by atoms with E-state index in [1.54, 1.807) is 0 Å². The Morgan fingerprint density at radius 1 is 1.47 bits per heavy atom. The van der Waals surface area contributed by atoms with Gasteiger partial charge in [0.25, 0.3) is 0 Å². The third kappa shape index (κ3) is 2.89. The Labute approximate surface area is 113 Å². The van der Waals surface area contributed by atoms with Crippen LogP contribution in [0.25, 0.3) is 0 Å². The van der Waals surface area contributed by atoms with Gasteiger partial charge in [0.05, 0.1) is 25.4 Å². The average Bonchev–Trinajstić information content (AvgIpc) is 2.41. The van der Waals surface area contributed by atoms with Crippen LogP contribution in [0.5, 0.6) is 5.88 Å². The van der Waals surface area contributed by atoms with Gasteiger partial charge in [-0.1, -0.05) is 6.92 Å². The summed E-state index contributed by atoms with van der Waals surface area (Å²) in [5, 5.41) is 0. The molecule has 6 nitrogen and oxygen atoms in total. The number of aromatic nitrogens is 2. The van der Waals surface area contributed by atoms with Gasteiger partial charge in [-0.2, -0.15) is 4.98 Å². The third-order valence-electron chi connectivity index (χ3n) is 3.32.